The molecule has 0 aliphatic carbocycles. The molecule has 1 nitrogen and oxygen atoms in total. The number of hydrogen-bond donors (Lipinski definition) is 1. The second-order valence-corrected chi connectivity index (χ2v) is 2.05. The summed E-state index contributed by atoms with van der Waals surface area (Å²) in [6, 6.07) is 0. The van der Waals surface area contributed by atoms with E-state index in [-0.39, 0.29) is 0 Å². The third-order valence-corrected chi connectivity index (χ3v) is 1.26. The average Bonchev–Trinajstić information content (AvgIpc) is 1.69. The smallest absolute Gasteiger partial charge is 0.130 e. The van der Waals surface area contributed by atoms with E-state index in [0.717, 1.165) is 0 Å². The van der Waals surface area contributed by atoms with Crippen LogP contribution in [0.2, 0.25) is 0 Å². The fourth-order valence-electron chi connectivity index (χ4n) is 0.745. The van der Waals surface area contributed by atoms with Crippen molar-refractivity contribution in [2.45, 2.75) is 18.8 Å². The molecule has 0 aromatic heterocycles. The van der Waals surface area contributed by atoms with Gasteiger partial charge in [-0.3, -0.25) is 0 Å². The van der Waals surface area contributed by atoms with Gasteiger partial charge in [0.2, 0.25) is 0 Å². The lowest BCUT2D eigenvalue weighted by atomic mass is 9.90. The Bertz CT molecular complexity index is 80.1. The Labute approximate surface area is 45.2 Å². The molecule has 1 N–H and O–H groups in total. The summed E-state index contributed by atoms with van der Waals surface area (Å²) in [6.45, 7) is 0. The van der Waals surface area contributed by atoms with E-state index in [1.165, 1.54) is 12.8 Å². The molecule has 38 valence electrons. The van der Waals surface area contributed by atoms with Gasteiger partial charge in [-0.05, 0) is 25.0 Å². The predicted octanol–water partition coefficient (Wildman–Crippen LogP) is -0.157. The molecule has 0 fully saturated rings. The molecule has 1 heterocycles. The highest BCUT2D eigenvalue weighted by atomic mass is 14.9. The van der Waals surface area contributed by atoms with E-state index in [9.17, 15) is 0 Å². The van der Waals surface area contributed by atoms with Gasteiger partial charge < -0.3 is 5.32 Å². The summed E-state index contributed by atoms with van der Waals surface area (Å²) in [7, 11) is 2.20. The number of allylic oxidation sites excluding steroid dienone is 1. The minimum Gasteiger partial charge on any atom is -0.396 e. The Hall–Kier alpha value is -0.395. The van der Waals surface area contributed by atoms with Gasteiger partial charge in [-0.25, -0.2) is 0 Å². The summed E-state index contributed by atoms with van der Waals surface area (Å²) >= 11 is 0. The van der Waals surface area contributed by atoms with Gasteiger partial charge in [0, 0.05) is 0 Å². The maximum absolute atomic E-state index is 3.20. The summed E-state index contributed by atoms with van der Waals surface area (Å²) in [6.07, 6.45) is 6.73. The highest BCUT2D eigenvalue weighted by Crippen LogP contribution is 1.98. The van der Waals surface area contributed by atoms with Crippen molar-refractivity contribution in [3.8, 4) is 0 Å². The van der Waals surface area contributed by atoms with E-state index >= 15 is 0 Å². The second-order valence-electron chi connectivity index (χ2n) is 2.05. The number of hydrogen-bond acceptors (Lipinski definition) is 1. The largest absolute Gasteiger partial charge is 0.396 e. The molecule has 0 aromatic carbocycles. The lowest BCUT2D eigenvalue weighted by Gasteiger charge is -2.13. The summed E-state index contributed by atoms with van der Waals surface area (Å²) in [5.74, 6) is 0.699. The molecule has 1 aliphatic heterocycles. The van der Waals surface area contributed by atoms with Gasteiger partial charge in [0.05, 0.1) is 0 Å². The highest BCUT2D eigenvalue weighted by molar-refractivity contribution is 6.11. The maximum atomic E-state index is 3.20. The molecule has 0 aromatic rings. The third-order valence-electron chi connectivity index (χ3n) is 1.26. The topological polar surface area (TPSA) is 12.0 Å². The van der Waals surface area contributed by atoms with E-state index in [2.05, 4.69) is 19.2 Å². The van der Waals surface area contributed by atoms with Crippen molar-refractivity contribution in [3.05, 3.63) is 12.3 Å². The van der Waals surface area contributed by atoms with Crippen LogP contribution in [0, 0.1) is 0 Å². The molecule has 0 saturated carbocycles. The Balaban J connectivity index is 2.32. The first-order valence-electron chi connectivity index (χ1n) is 2.80. The predicted molar refractivity (Wildman–Crippen MR) is 33.8 cm³/mol. The molecule has 1 unspecified atom stereocenters. The van der Waals surface area contributed by atoms with Crippen LogP contribution in [-0.4, -0.2) is 13.8 Å². The van der Waals surface area contributed by atoms with Crippen LogP contribution in [0.4, 0.5) is 0 Å². The van der Waals surface area contributed by atoms with Gasteiger partial charge in [0.1, 0.15) is 7.85 Å². The molecule has 0 radical (unpaired) electrons. The Morgan fingerprint density at radius 2 is 2.57 bits per heavy atom. The van der Waals surface area contributed by atoms with Gasteiger partial charge in [0.25, 0.3) is 0 Å². The van der Waals surface area contributed by atoms with Crippen molar-refractivity contribution in [2.24, 2.45) is 0 Å². The number of nitrogens with one attached hydrogen (secondary N) is 1. The third kappa shape index (κ3) is 1.26. The summed E-state index contributed by atoms with van der Waals surface area (Å²) in [5.41, 5.74) is 0. The van der Waals surface area contributed by atoms with Crippen LogP contribution in [0.1, 0.15) is 12.8 Å². The van der Waals surface area contributed by atoms with E-state index in [0.29, 0.717) is 5.94 Å². The standard InChI is InChI=1S/C5H10BN/c6-5-3-1-2-4-7-5/h2,4-5,7H,1,3,6H2. The zero-order valence-electron chi connectivity index (χ0n) is 4.65. The second kappa shape index (κ2) is 2.06. The average molecular weight is 95.0 g/mol. The van der Waals surface area contributed by atoms with Crippen LogP contribution in [-0.2, 0) is 0 Å². The van der Waals surface area contributed by atoms with Gasteiger partial charge in [-0.15, -0.1) is 0 Å². The Morgan fingerprint density at radius 3 is 2.86 bits per heavy atom. The fraction of sp³-hybridized carbons (Fsp3) is 0.600. The van der Waals surface area contributed by atoms with Crippen LogP contribution in [0.5, 0.6) is 0 Å². The monoisotopic (exact) mass is 95.1 g/mol. The van der Waals surface area contributed by atoms with Crippen molar-refractivity contribution in [3.63, 3.8) is 0 Å². The molecule has 0 bridgehead atoms. The molecule has 2 heteroatoms. The minimum absolute atomic E-state index is 0.699. The molecule has 1 aliphatic rings. The normalized spacial score (nSPS) is 29.4. The van der Waals surface area contributed by atoms with Crippen LogP contribution in [0.25, 0.3) is 0 Å². The molecule has 1 atom stereocenters. The van der Waals surface area contributed by atoms with Gasteiger partial charge in [-0.2, -0.15) is 0 Å². The molecular formula is C5H10BN. The van der Waals surface area contributed by atoms with Crippen molar-refractivity contribution in [1.82, 2.24) is 5.32 Å². The van der Waals surface area contributed by atoms with E-state index in [1.807, 2.05) is 6.20 Å². The van der Waals surface area contributed by atoms with Crippen LogP contribution in [0.3, 0.4) is 0 Å². The molecule has 0 amide bonds. The summed E-state index contributed by atoms with van der Waals surface area (Å²) in [4.78, 5) is 0. The van der Waals surface area contributed by atoms with Crippen LogP contribution < -0.4 is 5.32 Å². The van der Waals surface area contributed by atoms with Crippen molar-refractivity contribution >= 4 is 7.85 Å². The molecule has 0 spiro atoms. The van der Waals surface area contributed by atoms with E-state index < -0.39 is 0 Å². The zero-order valence-corrected chi connectivity index (χ0v) is 4.65. The first-order chi connectivity index (χ1) is 3.39. The Morgan fingerprint density at radius 1 is 1.71 bits per heavy atom. The molecule has 0 saturated heterocycles. The quantitative estimate of drug-likeness (QED) is 0.412. The lowest BCUT2D eigenvalue weighted by molar-refractivity contribution is 0.670. The number of rotatable bonds is 0. The van der Waals surface area contributed by atoms with Crippen molar-refractivity contribution in [1.29, 1.82) is 0 Å². The first-order valence-corrected chi connectivity index (χ1v) is 2.80. The minimum atomic E-state index is 0.699. The van der Waals surface area contributed by atoms with E-state index in [4.69, 9.17) is 0 Å². The van der Waals surface area contributed by atoms with Crippen LogP contribution in [0.15, 0.2) is 12.3 Å². The van der Waals surface area contributed by atoms with Crippen molar-refractivity contribution < 1.29 is 0 Å². The SMILES string of the molecule is BC1CCC=CN1. The van der Waals surface area contributed by atoms with Gasteiger partial charge in [0.15, 0.2) is 0 Å². The molecule has 1 rings (SSSR count). The van der Waals surface area contributed by atoms with Crippen LogP contribution >= 0.6 is 0 Å². The van der Waals surface area contributed by atoms with Gasteiger partial charge in [-0.1, -0.05) is 6.08 Å². The first kappa shape index (κ1) is 4.76. The zero-order chi connectivity index (χ0) is 5.11. The van der Waals surface area contributed by atoms with Crippen molar-refractivity contribution in [2.75, 3.05) is 0 Å². The molecular weight excluding hydrogens is 84.9 g/mol. The molecule has 7 heavy (non-hydrogen) atoms. The fourth-order valence-corrected chi connectivity index (χ4v) is 0.745. The maximum Gasteiger partial charge on any atom is 0.130 e. The Kier molecular flexibility index (Phi) is 1.40. The summed E-state index contributed by atoms with van der Waals surface area (Å²) in [5, 5.41) is 3.20. The van der Waals surface area contributed by atoms with Gasteiger partial charge >= 0.3 is 0 Å². The summed E-state index contributed by atoms with van der Waals surface area (Å²) < 4.78 is 0. The lowest BCUT2D eigenvalue weighted by Crippen LogP contribution is -2.26. The van der Waals surface area contributed by atoms with E-state index in [1.54, 1.807) is 0 Å². The highest BCUT2D eigenvalue weighted by Gasteiger charge is 1.98.